The molecule has 0 fully saturated rings. The third-order valence-electron chi connectivity index (χ3n) is 3.00. The molecule has 88 valence electrons. The van der Waals surface area contributed by atoms with Crippen LogP contribution in [-0.4, -0.2) is 4.57 Å². The van der Waals surface area contributed by atoms with Crippen molar-refractivity contribution in [3.05, 3.63) is 58.2 Å². The number of hydrogen-bond donors (Lipinski definition) is 0. The molecule has 0 unspecified atom stereocenters. The molecule has 0 saturated heterocycles. The number of halogens is 1. The number of aromatic nitrogens is 1. The first-order valence-electron chi connectivity index (χ1n) is 5.45. The van der Waals surface area contributed by atoms with Gasteiger partial charge in [0.2, 0.25) is 0 Å². The number of allylic oxidation sites excluding steroid dienone is 1. The van der Waals surface area contributed by atoms with Crippen LogP contribution in [0.1, 0.15) is 11.1 Å². The summed E-state index contributed by atoms with van der Waals surface area (Å²) in [5.74, 6) is -0.294. The van der Waals surface area contributed by atoms with Crippen LogP contribution < -0.4 is 5.56 Å². The number of nitrogens with zero attached hydrogens (tertiary/aromatic N) is 1. The van der Waals surface area contributed by atoms with Crippen molar-refractivity contribution in [3.8, 4) is 0 Å². The van der Waals surface area contributed by atoms with E-state index in [2.05, 4.69) is 6.58 Å². The highest BCUT2D eigenvalue weighted by Crippen LogP contribution is 2.23. The molecule has 0 N–H and O–H groups in total. The molecule has 3 heteroatoms. The van der Waals surface area contributed by atoms with Crippen molar-refractivity contribution in [1.82, 2.24) is 4.57 Å². The summed E-state index contributed by atoms with van der Waals surface area (Å²) in [6.45, 7) is 5.48. The molecule has 0 radical (unpaired) electrons. The number of pyridine rings is 1. The van der Waals surface area contributed by atoms with E-state index >= 15 is 0 Å². The van der Waals surface area contributed by atoms with E-state index in [1.165, 1.54) is 10.6 Å². The molecule has 2 nitrogen and oxygen atoms in total. The number of fused-ring (bicyclic) bond motifs is 1. The lowest BCUT2D eigenvalue weighted by molar-refractivity contribution is 0.615. The van der Waals surface area contributed by atoms with Crippen LogP contribution in [-0.2, 0) is 13.5 Å². The number of hydrogen-bond acceptors (Lipinski definition) is 1. The van der Waals surface area contributed by atoms with Crippen molar-refractivity contribution in [2.24, 2.45) is 7.05 Å². The fourth-order valence-corrected chi connectivity index (χ4v) is 2.12. The van der Waals surface area contributed by atoms with E-state index < -0.39 is 0 Å². The molecule has 0 bridgehead atoms. The van der Waals surface area contributed by atoms with Crippen molar-refractivity contribution in [3.63, 3.8) is 0 Å². The van der Waals surface area contributed by atoms with Gasteiger partial charge in [0.1, 0.15) is 5.82 Å². The second-order valence-corrected chi connectivity index (χ2v) is 4.14. The Morgan fingerprint density at radius 2 is 2.18 bits per heavy atom. The van der Waals surface area contributed by atoms with E-state index in [4.69, 9.17) is 0 Å². The molecule has 17 heavy (non-hydrogen) atoms. The Morgan fingerprint density at radius 1 is 1.47 bits per heavy atom. The molecule has 2 aromatic rings. The molecule has 0 atom stereocenters. The zero-order valence-corrected chi connectivity index (χ0v) is 9.96. The van der Waals surface area contributed by atoms with Gasteiger partial charge >= 0.3 is 0 Å². The molecule has 2 rings (SSSR count). The van der Waals surface area contributed by atoms with Crippen molar-refractivity contribution in [1.29, 1.82) is 0 Å². The zero-order chi connectivity index (χ0) is 12.6. The Morgan fingerprint density at radius 3 is 2.82 bits per heavy atom. The predicted octanol–water partition coefficient (Wildman–Crippen LogP) is 2.71. The van der Waals surface area contributed by atoms with E-state index in [1.54, 1.807) is 25.3 Å². The Bertz CT molecular complexity index is 655. The van der Waals surface area contributed by atoms with Crippen LogP contribution in [0.15, 0.2) is 35.6 Å². The first-order chi connectivity index (χ1) is 8.06. The van der Waals surface area contributed by atoms with E-state index in [1.807, 2.05) is 6.92 Å². The molecule has 1 heterocycles. The van der Waals surface area contributed by atoms with E-state index in [9.17, 15) is 9.18 Å². The first kappa shape index (κ1) is 11.6. The molecule has 0 aliphatic carbocycles. The minimum Gasteiger partial charge on any atom is -0.311 e. The van der Waals surface area contributed by atoms with Gasteiger partial charge in [0.05, 0.1) is 5.52 Å². The summed E-state index contributed by atoms with van der Waals surface area (Å²) in [6.07, 6.45) is 2.06. The van der Waals surface area contributed by atoms with Gasteiger partial charge in [0, 0.05) is 24.1 Å². The Kier molecular flexibility index (Phi) is 2.84. The van der Waals surface area contributed by atoms with E-state index in [0.29, 0.717) is 17.5 Å². The summed E-state index contributed by atoms with van der Waals surface area (Å²) in [7, 11) is 1.66. The molecule has 1 aromatic heterocycles. The largest absolute Gasteiger partial charge is 0.311 e. The van der Waals surface area contributed by atoms with Crippen molar-refractivity contribution in [2.45, 2.75) is 13.3 Å². The van der Waals surface area contributed by atoms with Gasteiger partial charge in [-0.05, 0) is 31.0 Å². The number of rotatable bonds is 2. The Hall–Kier alpha value is -1.90. The van der Waals surface area contributed by atoms with E-state index in [0.717, 1.165) is 10.9 Å². The van der Waals surface area contributed by atoms with Gasteiger partial charge in [-0.2, -0.15) is 0 Å². The molecule has 1 aromatic carbocycles. The smallest absolute Gasteiger partial charge is 0.251 e. The van der Waals surface area contributed by atoms with Gasteiger partial charge in [-0.25, -0.2) is 4.39 Å². The molecule has 0 spiro atoms. The fourth-order valence-electron chi connectivity index (χ4n) is 2.12. The highest BCUT2D eigenvalue weighted by Gasteiger charge is 2.11. The average molecular weight is 231 g/mol. The second-order valence-electron chi connectivity index (χ2n) is 4.14. The van der Waals surface area contributed by atoms with Crippen LogP contribution >= 0.6 is 0 Å². The third kappa shape index (κ3) is 1.78. The van der Waals surface area contributed by atoms with Crippen LogP contribution in [0.25, 0.3) is 10.9 Å². The van der Waals surface area contributed by atoms with Gasteiger partial charge in [-0.1, -0.05) is 6.08 Å². The van der Waals surface area contributed by atoms with Crippen LogP contribution in [0.5, 0.6) is 0 Å². The van der Waals surface area contributed by atoms with Gasteiger partial charge in [0.25, 0.3) is 5.56 Å². The van der Waals surface area contributed by atoms with Crippen molar-refractivity contribution < 1.29 is 4.39 Å². The first-order valence-corrected chi connectivity index (χ1v) is 5.45. The standard InChI is InChI=1S/C14H14FNO/c1-4-5-11-12(15)7-6-10-9(2)8-13(17)16(3)14(10)11/h4,6-8H,1,5H2,2-3H3. The maximum atomic E-state index is 13.8. The highest BCUT2D eigenvalue weighted by atomic mass is 19.1. The second kappa shape index (κ2) is 4.17. The number of benzene rings is 1. The summed E-state index contributed by atoms with van der Waals surface area (Å²) in [6, 6.07) is 4.72. The normalized spacial score (nSPS) is 10.8. The average Bonchev–Trinajstić information content (AvgIpc) is 2.29. The SMILES string of the molecule is C=CCc1c(F)ccc2c(C)cc(=O)n(C)c12. The van der Waals surface area contributed by atoms with Crippen molar-refractivity contribution in [2.75, 3.05) is 0 Å². The van der Waals surface area contributed by atoms with Gasteiger partial charge in [0.15, 0.2) is 0 Å². The highest BCUT2D eigenvalue weighted by molar-refractivity contribution is 5.85. The van der Waals surface area contributed by atoms with Gasteiger partial charge in [-0.15, -0.1) is 6.58 Å². The van der Waals surface area contributed by atoms with E-state index in [-0.39, 0.29) is 11.4 Å². The maximum Gasteiger partial charge on any atom is 0.251 e. The van der Waals surface area contributed by atoms with Crippen LogP contribution in [0.4, 0.5) is 4.39 Å². The van der Waals surface area contributed by atoms with Crippen LogP contribution in [0.2, 0.25) is 0 Å². The summed E-state index contributed by atoms with van der Waals surface area (Å²) >= 11 is 0. The molecule has 0 aliphatic rings. The third-order valence-corrected chi connectivity index (χ3v) is 3.00. The van der Waals surface area contributed by atoms with Crippen LogP contribution in [0.3, 0.4) is 0 Å². The summed E-state index contributed by atoms with van der Waals surface area (Å²) in [5, 5.41) is 0.908. The lowest BCUT2D eigenvalue weighted by atomic mass is 10.0. The quantitative estimate of drug-likeness (QED) is 0.728. The lowest BCUT2D eigenvalue weighted by Crippen LogP contribution is -2.18. The minimum atomic E-state index is -0.294. The number of aryl methyl sites for hydroxylation is 2. The lowest BCUT2D eigenvalue weighted by Gasteiger charge is -2.12. The summed E-state index contributed by atoms with van der Waals surface area (Å²) < 4.78 is 15.3. The molecule has 0 amide bonds. The van der Waals surface area contributed by atoms with Crippen LogP contribution in [0, 0.1) is 12.7 Å². The molecule has 0 aliphatic heterocycles. The summed E-state index contributed by atoms with van der Waals surface area (Å²) in [5.41, 5.74) is 1.94. The maximum absolute atomic E-state index is 13.8. The Balaban J connectivity index is 3.01. The molecular formula is C14H14FNO. The fraction of sp³-hybridized carbons (Fsp3) is 0.214. The Labute approximate surface area is 99.0 Å². The molecule has 0 saturated carbocycles. The van der Waals surface area contributed by atoms with Gasteiger partial charge < -0.3 is 4.57 Å². The minimum absolute atomic E-state index is 0.120. The monoisotopic (exact) mass is 231 g/mol. The van der Waals surface area contributed by atoms with Gasteiger partial charge in [-0.3, -0.25) is 4.79 Å². The zero-order valence-electron chi connectivity index (χ0n) is 9.96. The topological polar surface area (TPSA) is 22.0 Å². The van der Waals surface area contributed by atoms with Crippen molar-refractivity contribution >= 4 is 10.9 Å². The molecular weight excluding hydrogens is 217 g/mol. The summed E-state index contributed by atoms with van der Waals surface area (Å²) in [4.78, 5) is 11.7. The predicted molar refractivity (Wildman–Crippen MR) is 67.8 cm³/mol.